The van der Waals surface area contributed by atoms with Crippen molar-refractivity contribution in [2.75, 3.05) is 25.1 Å². The van der Waals surface area contributed by atoms with Crippen molar-refractivity contribution in [2.45, 2.75) is 26.8 Å². The van der Waals surface area contributed by atoms with Crippen LogP contribution in [-0.4, -0.2) is 25.7 Å². The van der Waals surface area contributed by atoms with Gasteiger partial charge in [-0.05, 0) is 31.5 Å². The lowest BCUT2D eigenvalue weighted by atomic mass is 10.1. The van der Waals surface area contributed by atoms with Crippen LogP contribution in [0.2, 0.25) is 0 Å². The Kier molecular flexibility index (Phi) is 5.77. The first-order valence-electron chi connectivity index (χ1n) is 8.75. The number of fused-ring (bicyclic) bond motifs is 1. The number of hydrogen-bond donors (Lipinski definition) is 2. The van der Waals surface area contributed by atoms with Gasteiger partial charge in [0.05, 0.1) is 19.8 Å². The van der Waals surface area contributed by atoms with E-state index >= 15 is 0 Å². The monoisotopic (exact) mass is 339 g/mol. The van der Waals surface area contributed by atoms with Crippen molar-refractivity contribution in [3.8, 4) is 11.5 Å². The third-order valence-corrected chi connectivity index (χ3v) is 3.89. The van der Waals surface area contributed by atoms with Crippen LogP contribution in [0, 0.1) is 6.92 Å². The van der Waals surface area contributed by atoms with E-state index in [1.807, 2.05) is 18.2 Å². The summed E-state index contributed by atoms with van der Waals surface area (Å²) >= 11 is 0. The maximum atomic E-state index is 5.75. The predicted octanol–water partition coefficient (Wildman–Crippen LogP) is 3.73. The molecule has 0 fully saturated rings. The van der Waals surface area contributed by atoms with Gasteiger partial charge in [-0.3, -0.25) is 0 Å². The smallest absolute Gasteiger partial charge is 0.196 e. The van der Waals surface area contributed by atoms with Gasteiger partial charge in [0.2, 0.25) is 0 Å². The van der Waals surface area contributed by atoms with Crippen LogP contribution in [0.5, 0.6) is 11.5 Å². The lowest BCUT2D eigenvalue weighted by Gasteiger charge is -2.13. The first-order valence-corrected chi connectivity index (χ1v) is 8.75. The number of guanidine groups is 1. The largest absolute Gasteiger partial charge is 0.490 e. The van der Waals surface area contributed by atoms with E-state index in [2.05, 4.69) is 53.7 Å². The quantitative estimate of drug-likeness (QED) is 0.658. The van der Waals surface area contributed by atoms with E-state index in [9.17, 15) is 0 Å². The lowest BCUT2D eigenvalue weighted by molar-refractivity contribution is 0.297. The van der Waals surface area contributed by atoms with Gasteiger partial charge in [-0.25, -0.2) is 4.99 Å². The normalized spacial score (nSPS) is 13.9. The number of rotatable bonds is 4. The molecule has 5 heteroatoms. The molecule has 2 aromatic carbocycles. The standard InChI is InChI=1S/C20H25N3O2/c1-3-21-20(22-14-16-7-5-15(2)6-8-16)23-17-9-10-18-19(13-17)25-12-4-11-24-18/h5-10,13H,3-4,11-12,14H2,1-2H3,(H2,21,22,23). The maximum Gasteiger partial charge on any atom is 0.196 e. The van der Waals surface area contributed by atoms with Crippen LogP contribution in [0.4, 0.5) is 5.69 Å². The Morgan fingerprint density at radius 3 is 2.56 bits per heavy atom. The summed E-state index contributed by atoms with van der Waals surface area (Å²) in [5, 5.41) is 6.61. The van der Waals surface area contributed by atoms with E-state index in [0.717, 1.165) is 36.1 Å². The fourth-order valence-corrected chi connectivity index (χ4v) is 2.55. The van der Waals surface area contributed by atoms with Crippen molar-refractivity contribution < 1.29 is 9.47 Å². The fraction of sp³-hybridized carbons (Fsp3) is 0.350. The van der Waals surface area contributed by atoms with E-state index < -0.39 is 0 Å². The van der Waals surface area contributed by atoms with Gasteiger partial charge in [-0.15, -0.1) is 0 Å². The minimum Gasteiger partial charge on any atom is -0.490 e. The van der Waals surface area contributed by atoms with Crippen molar-refractivity contribution in [1.82, 2.24) is 5.32 Å². The molecule has 1 heterocycles. The fourth-order valence-electron chi connectivity index (χ4n) is 2.55. The van der Waals surface area contributed by atoms with Gasteiger partial charge >= 0.3 is 0 Å². The van der Waals surface area contributed by atoms with Crippen LogP contribution >= 0.6 is 0 Å². The van der Waals surface area contributed by atoms with Gasteiger partial charge in [0.1, 0.15) is 0 Å². The van der Waals surface area contributed by atoms with E-state index in [1.54, 1.807) is 0 Å². The molecule has 0 aliphatic carbocycles. The number of nitrogens with one attached hydrogen (secondary N) is 2. The molecule has 0 bridgehead atoms. The molecule has 0 spiro atoms. The molecule has 0 saturated carbocycles. The zero-order valence-corrected chi connectivity index (χ0v) is 14.8. The second-order valence-corrected chi connectivity index (χ2v) is 6.02. The summed E-state index contributed by atoms with van der Waals surface area (Å²) in [5.41, 5.74) is 3.36. The first kappa shape index (κ1) is 17.1. The molecule has 2 aromatic rings. The Labute approximate surface area is 149 Å². The Bertz CT molecular complexity index is 726. The van der Waals surface area contributed by atoms with E-state index in [-0.39, 0.29) is 0 Å². The molecule has 0 saturated heterocycles. The van der Waals surface area contributed by atoms with Gasteiger partial charge in [0, 0.05) is 24.7 Å². The number of hydrogen-bond acceptors (Lipinski definition) is 3. The van der Waals surface area contributed by atoms with E-state index in [4.69, 9.17) is 9.47 Å². The average molecular weight is 339 g/mol. The highest BCUT2D eigenvalue weighted by molar-refractivity contribution is 5.93. The molecular formula is C20H25N3O2. The van der Waals surface area contributed by atoms with Crippen molar-refractivity contribution in [2.24, 2.45) is 4.99 Å². The Hall–Kier alpha value is -2.69. The van der Waals surface area contributed by atoms with Crippen molar-refractivity contribution in [1.29, 1.82) is 0 Å². The Morgan fingerprint density at radius 2 is 1.80 bits per heavy atom. The third-order valence-electron chi connectivity index (χ3n) is 3.89. The minimum atomic E-state index is 0.625. The number of benzene rings is 2. The number of aryl methyl sites for hydroxylation is 1. The van der Waals surface area contributed by atoms with Crippen LogP contribution in [0.15, 0.2) is 47.5 Å². The molecule has 25 heavy (non-hydrogen) atoms. The summed E-state index contributed by atoms with van der Waals surface area (Å²) in [6, 6.07) is 14.3. The Balaban J connectivity index is 1.71. The average Bonchev–Trinajstić information content (AvgIpc) is 2.86. The zero-order chi connectivity index (χ0) is 17.5. The topological polar surface area (TPSA) is 54.9 Å². The van der Waals surface area contributed by atoms with Crippen LogP contribution < -0.4 is 20.1 Å². The molecule has 2 N–H and O–H groups in total. The molecule has 0 radical (unpaired) electrons. The summed E-state index contributed by atoms with van der Waals surface area (Å²) in [7, 11) is 0. The number of ether oxygens (including phenoxy) is 2. The van der Waals surface area contributed by atoms with Gasteiger partial charge in [0.25, 0.3) is 0 Å². The summed E-state index contributed by atoms with van der Waals surface area (Å²) in [4.78, 5) is 4.66. The molecule has 0 amide bonds. The molecule has 1 aliphatic heterocycles. The zero-order valence-electron chi connectivity index (χ0n) is 14.8. The van der Waals surface area contributed by atoms with E-state index in [0.29, 0.717) is 19.8 Å². The van der Waals surface area contributed by atoms with Crippen LogP contribution in [0.1, 0.15) is 24.5 Å². The molecule has 132 valence electrons. The molecule has 3 rings (SSSR count). The highest BCUT2D eigenvalue weighted by Gasteiger charge is 2.11. The molecule has 0 unspecified atom stereocenters. The lowest BCUT2D eigenvalue weighted by Crippen LogP contribution is -2.30. The summed E-state index contributed by atoms with van der Waals surface area (Å²) in [5.74, 6) is 2.32. The van der Waals surface area contributed by atoms with Crippen LogP contribution in [0.3, 0.4) is 0 Å². The molecular weight excluding hydrogens is 314 g/mol. The van der Waals surface area contributed by atoms with Crippen molar-refractivity contribution in [3.63, 3.8) is 0 Å². The molecule has 1 aliphatic rings. The Morgan fingerprint density at radius 1 is 1.04 bits per heavy atom. The first-order chi connectivity index (χ1) is 12.2. The predicted molar refractivity (Wildman–Crippen MR) is 102 cm³/mol. The van der Waals surface area contributed by atoms with Crippen LogP contribution in [-0.2, 0) is 6.54 Å². The van der Waals surface area contributed by atoms with Gasteiger partial charge < -0.3 is 20.1 Å². The SMILES string of the molecule is CCNC(=NCc1ccc(C)cc1)Nc1ccc2c(c1)OCCCO2. The summed E-state index contributed by atoms with van der Waals surface area (Å²) in [6.45, 7) is 6.93. The second-order valence-electron chi connectivity index (χ2n) is 6.02. The maximum absolute atomic E-state index is 5.75. The molecule has 0 aromatic heterocycles. The van der Waals surface area contributed by atoms with Crippen molar-refractivity contribution in [3.05, 3.63) is 53.6 Å². The van der Waals surface area contributed by atoms with Crippen LogP contribution in [0.25, 0.3) is 0 Å². The number of anilines is 1. The minimum absolute atomic E-state index is 0.625. The highest BCUT2D eigenvalue weighted by atomic mass is 16.5. The number of aliphatic imine (C=N–C) groups is 1. The molecule has 0 atom stereocenters. The third kappa shape index (κ3) is 4.89. The summed E-state index contributed by atoms with van der Waals surface area (Å²) in [6.07, 6.45) is 0.901. The van der Waals surface area contributed by atoms with Gasteiger partial charge in [-0.2, -0.15) is 0 Å². The van der Waals surface area contributed by atoms with E-state index in [1.165, 1.54) is 11.1 Å². The van der Waals surface area contributed by atoms with Gasteiger partial charge in [-0.1, -0.05) is 29.8 Å². The number of nitrogens with zero attached hydrogens (tertiary/aromatic N) is 1. The second kappa shape index (κ2) is 8.42. The molecule has 5 nitrogen and oxygen atoms in total. The van der Waals surface area contributed by atoms with Crippen molar-refractivity contribution >= 4 is 11.6 Å². The van der Waals surface area contributed by atoms with Gasteiger partial charge in [0.15, 0.2) is 17.5 Å². The highest BCUT2D eigenvalue weighted by Crippen LogP contribution is 2.32. The summed E-state index contributed by atoms with van der Waals surface area (Å²) < 4.78 is 11.4.